The Hall–Kier alpha value is -3.39. The van der Waals surface area contributed by atoms with E-state index in [9.17, 15) is 14.4 Å². The number of carbonyl (C=O) groups excluding carboxylic acids is 3. The molecule has 0 aliphatic carbocycles. The van der Waals surface area contributed by atoms with Crippen molar-refractivity contribution in [2.24, 2.45) is 5.92 Å². The standard InChI is InChI=1S/C24H27N3O5/c1-2-32-19-9-7-18(8-10-19)27-16-17(15-22(27)28)23(29)25-21-6-4-3-5-20(21)24(30)26-11-13-31-14-12-26/h3-10,17H,2,11-16H2,1H3,(H,25,29)/t17-/m0/s1. The van der Waals surface area contributed by atoms with Gasteiger partial charge in [-0.05, 0) is 43.3 Å². The van der Waals surface area contributed by atoms with Crippen LogP contribution < -0.4 is 15.0 Å². The van der Waals surface area contributed by atoms with Crippen molar-refractivity contribution in [3.05, 3.63) is 54.1 Å². The first-order chi connectivity index (χ1) is 15.6. The van der Waals surface area contributed by atoms with Gasteiger partial charge in [0.1, 0.15) is 5.75 Å². The smallest absolute Gasteiger partial charge is 0.256 e. The molecule has 2 heterocycles. The Morgan fingerprint density at radius 3 is 2.53 bits per heavy atom. The van der Waals surface area contributed by atoms with E-state index in [2.05, 4.69) is 5.32 Å². The zero-order valence-corrected chi connectivity index (χ0v) is 18.1. The molecule has 2 fully saturated rings. The van der Waals surface area contributed by atoms with Gasteiger partial charge in [0, 0.05) is 31.7 Å². The van der Waals surface area contributed by atoms with Gasteiger partial charge in [0.2, 0.25) is 11.8 Å². The predicted octanol–water partition coefficient (Wildman–Crippen LogP) is 2.55. The zero-order valence-electron chi connectivity index (χ0n) is 18.1. The van der Waals surface area contributed by atoms with E-state index in [4.69, 9.17) is 9.47 Å². The minimum Gasteiger partial charge on any atom is -0.494 e. The molecule has 2 aliphatic rings. The van der Waals surface area contributed by atoms with E-state index in [-0.39, 0.29) is 30.7 Å². The molecule has 8 heteroatoms. The van der Waals surface area contributed by atoms with E-state index in [1.165, 1.54) is 0 Å². The molecule has 1 atom stereocenters. The number of amides is 3. The fraction of sp³-hybridized carbons (Fsp3) is 0.375. The van der Waals surface area contributed by atoms with Gasteiger partial charge in [0.25, 0.3) is 5.91 Å². The van der Waals surface area contributed by atoms with E-state index in [0.29, 0.717) is 44.2 Å². The molecule has 2 aromatic rings. The molecule has 0 bridgehead atoms. The molecule has 0 radical (unpaired) electrons. The average molecular weight is 437 g/mol. The largest absolute Gasteiger partial charge is 0.494 e. The number of nitrogens with one attached hydrogen (secondary N) is 1. The van der Waals surface area contributed by atoms with Crippen molar-refractivity contribution in [3.63, 3.8) is 0 Å². The summed E-state index contributed by atoms with van der Waals surface area (Å²) >= 11 is 0. The third-order valence-corrected chi connectivity index (χ3v) is 5.67. The normalized spacial score (nSPS) is 18.5. The number of para-hydroxylation sites is 1. The van der Waals surface area contributed by atoms with Crippen LogP contribution in [0.25, 0.3) is 0 Å². The van der Waals surface area contributed by atoms with Crippen LogP contribution in [0.15, 0.2) is 48.5 Å². The highest BCUT2D eigenvalue weighted by atomic mass is 16.5. The molecule has 0 aromatic heterocycles. The van der Waals surface area contributed by atoms with Crippen molar-refractivity contribution in [2.45, 2.75) is 13.3 Å². The lowest BCUT2D eigenvalue weighted by Crippen LogP contribution is -2.41. The topological polar surface area (TPSA) is 88.2 Å². The SMILES string of the molecule is CCOc1ccc(N2C[C@@H](C(=O)Nc3ccccc3C(=O)N3CCOCC3)CC2=O)cc1. The van der Waals surface area contributed by atoms with Crippen molar-refractivity contribution >= 4 is 29.1 Å². The maximum Gasteiger partial charge on any atom is 0.256 e. The molecule has 168 valence electrons. The minimum absolute atomic E-state index is 0.105. The first kappa shape index (κ1) is 21.8. The summed E-state index contributed by atoms with van der Waals surface area (Å²) < 4.78 is 10.8. The summed E-state index contributed by atoms with van der Waals surface area (Å²) in [5, 5.41) is 2.87. The minimum atomic E-state index is -0.499. The fourth-order valence-corrected chi connectivity index (χ4v) is 3.97. The monoisotopic (exact) mass is 437 g/mol. The van der Waals surface area contributed by atoms with Crippen LogP contribution in [0.5, 0.6) is 5.75 Å². The van der Waals surface area contributed by atoms with E-state index >= 15 is 0 Å². The van der Waals surface area contributed by atoms with Crippen LogP contribution in [0.2, 0.25) is 0 Å². The quantitative estimate of drug-likeness (QED) is 0.750. The summed E-state index contributed by atoms with van der Waals surface area (Å²) in [5.74, 6) is -0.275. The molecule has 2 saturated heterocycles. The lowest BCUT2D eigenvalue weighted by molar-refractivity contribution is -0.122. The lowest BCUT2D eigenvalue weighted by atomic mass is 10.1. The number of ether oxygens (including phenoxy) is 2. The van der Waals surface area contributed by atoms with E-state index in [0.717, 1.165) is 11.4 Å². The molecule has 2 aromatic carbocycles. The van der Waals surface area contributed by atoms with E-state index in [1.807, 2.05) is 31.2 Å². The van der Waals surface area contributed by atoms with Crippen LogP contribution in [-0.2, 0) is 14.3 Å². The molecule has 4 rings (SSSR count). The number of morpholine rings is 1. The summed E-state index contributed by atoms with van der Waals surface area (Å²) in [6.07, 6.45) is 0.124. The molecule has 2 aliphatic heterocycles. The average Bonchev–Trinajstić information content (AvgIpc) is 3.22. The molecule has 1 N–H and O–H groups in total. The summed E-state index contributed by atoms with van der Waals surface area (Å²) in [6, 6.07) is 14.2. The Kier molecular flexibility index (Phi) is 6.70. The Bertz CT molecular complexity index is 985. The predicted molar refractivity (Wildman–Crippen MR) is 120 cm³/mol. The van der Waals surface area contributed by atoms with Crippen LogP contribution in [0.1, 0.15) is 23.7 Å². The highest BCUT2D eigenvalue weighted by molar-refractivity contribution is 6.07. The summed E-state index contributed by atoms with van der Waals surface area (Å²) in [4.78, 5) is 41.8. The number of carbonyl (C=O) groups is 3. The van der Waals surface area contributed by atoms with Crippen molar-refractivity contribution in [1.29, 1.82) is 0 Å². The van der Waals surface area contributed by atoms with Gasteiger partial charge >= 0.3 is 0 Å². The van der Waals surface area contributed by atoms with Gasteiger partial charge in [-0.3, -0.25) is 14.4 Å². The number of hydrogen-bond acceptors (Lipinski definition) is 5. The van der Waals surface area contributed by atoms with Crippen molar-refractivity contribution in [2.75, 3.05) is 49.7 Å². The van der Waals surface area contributed by atoms with Crippen LogP contribution in [0.4, 0.5) is 11.4 Å². The highest BCUT2D eigenvalue weighted by Crippen LogP contribution is 2.28. The Morgan fingerprint density at radius 2 is 1.81 bits per heavy atom. The third kappa shape index (κ3) is 4.75. The Balaban J connectivity index is 1.43. The van der Waals surface area contributed by atoms with E-state index in [1.54, 1.807) is 34.1 Å². The summed E-state index contributed by atoms with van der Waals surface area (Å²) in [5.41, 5.74) is 1.63. The lowest BCUT2D eigenvalue weighted by Gasteiger charge is -2.27. The fourth-order valence-electron chi connectivity index (χ4n) is 3.97. The van der Waals surface area contributed by atoms with Crippen molar-refractivity contribution in [3.8, 4) is 5.75 Å². The number of rotatable bonds is 6. The first-order valence-electron chi connectivity index (χ1n) is 10.9. The molecule has 0 spiro atoms. The Labute approximate surface area is 187 Å². The second kappa shape index (κ2) is 9.82. The van der Waals surface area contributed by atoms with Crippen LogP contribution in [0.3, 0.4) is 0 Å². The van der Waals surface area contributed by atoms with Gasteiger partial charge in [0.15, 0.2) is 0 Å². The molecule has 32 heavy (non-hydrogen) atoms. The highest BCUT2D eigenvalue weighted by Gasteiger charge is 2.35. The van der Waals surface area contributed by atoms with Crippen LogP contribution in [-0.4, -0.2) is 62.1 Å². The summed E-state index contributed by atoms with van der Waals surface area (Å²) in [6.45, 7) is 4.83. The third-order valence-electron chi connectivity index (χ3n) is 5.67. The molecule has 3 amide bonds. The molecule has 0 saturated carbocycles. The molecule has 0 unspecified atom stereocenters. The van der Waals surface area contributed by atoms with E-state index < -0.39 is 5.92 Å². The van der Waals surface area contributed by atoms with Gasteiger partial charge in [-0.15, -0.1) is 0 Å². The first-order valence-corrected chi connectivity index (χ1v) is 10.9. The number of nitrogens with zero attached hydrogens (tertiary/aromatic N) is 2. The zero-order chi connectivity index (χ0) is 22.5. The molecular weight excluding hydrogens is 410 g/mol. The van der Waals surface area contributed by atoms with Gasteiger partial charge in [0.05, 0.1) is 37.0 Å². The number of hydrogen-bond donors (Lipinski definition) is 1. The maximum absolute atomic E-state index is 13.0. The van der Waals surface area contributed by atoms with Gasteiger partial charge in [-0.2, -0.15) is 0 Å². The summed E-state index contributed by atoms with van der Waals surface area (Å²) in [7, 11) is 0. The molecule has 8 nitrogen and oxygen atoms in total. The Morgan fingerprint density at radius 1 is 1.09 bits per heavy atom. The van der Waals surface area contributed by atoms with Crippen molar-refractivity contribution in [1.82, 2.24) is 4.90 Å². The van der Waals surface area contributed by atoms with Crippen LogP contribution >= 0.6 is 0 Å². The van der Waals surface area contributed by atoms with Gasteiger partial charge in [-0.25, -0.2) is 0 Å². The van der Waals surface area contributed by atoms with Crippen LogP contribution in [0, 0.1) is 5.92 Å². The van der Waals surface area contributed by atoms with Crippen molar-refractivity contribution < 1.29 is 23.9 Å². The number of anilines is 2. The van der Waals surface area contributed by atoms with Gasteiger partial charge < -0.3 is 24.6 Å². The second-order valence-electron chi connectivity index (χ2n) is 7.77. The van der Waals surface area contributed by atoms with Gasteiger partial charge in [-0.1, -0.05) is 12.1 Å². The second-order valence-corrected chi connectivity index (χ2v) is 7.77. The number of benzene rings is 2. The maximum atomic E-state index is 13.0. The molecular formula is C24H27N3O5.